The highest BCUT2D eigenvalue weighted by Gasteiger charge is 2.51. The van der Waals surface area contributed by atoms with E-state index >= 15 is 0 Å². The Labute approximate surface area is 338 Å². The van der Waals surface area contributed by atoms with Gasteiger partial charge in [0.2, 0.25) is 27.6 Å². The van der Waals surface area contributed by atoms with Crippen LogP contribution in [0.25, 0.3) is 0 Å². The zero-order valence-electron chi connectivity index (χ0n) is 32.9. The van der Waals surface area contributed by atoms with Gasteiger partial charge in [0.05, 0.1) is 34.3 Å². The van der Waals surface area contributed by atoms with Crippen LogP contribution in [0.4, 0.5) is 0 Å². The summed E-state index contributed by atoms with van der Waals surface area (Å²) in [5.41, 5.74) is 2.47. The first-order chi connectivity index (χ1) is 27.3. The predicted molar refractivity (Wildman–Crippen MR) is 209 cm³/mol. The number of amides is 4. The molecule has 6 rings (SSSR count). The van der Waals surface area contributed by atoms with Gasteiger partial charge in [-0.05, 0) is 76.1 Å². The maximum absolute atomic E-state index is 14.9. The second-order valence-corrected chi connectivity index (χ2v) is 20.8. The Morgan fingerprint density at radius 3 is 2.21 bits per heavy atom. The molecule has 3 heterocycles. The average molecular weight is 847 g/mol. The molecule has 2 saturated heterocycles. The summed E-state index contributed by atoms with van der Waals surface area (Å²) in [6, 6.07) is 2.15. The molecule has 2 aromatic rings. The fraction of sp³-hybridized carbons (Fsp3) is 0.658. The van der Waals surface area contributed by atoms with Crippen molar-refractivity contribution in [2.45, 2.75) is 138 Å². The highest BCUT2D eigenvalue weighted by molar-refractivity contribution is 7.91. The van der Waals surface area contributed by atoms with Crippen LogP contribution in [0, 0.1) is 5.92 Å². The molecule has 1 aromatic carbocycles. The lowest BCUT2D eigenvalue weighted by molar-refractivity contribution is -0.145. The molecule has 2 aliphatic carbocycles. The van der Waals surface area contributed by atoms with Crippen LogP contribution in [-0.4, -0.2) is 113 Å². The van der Waals surface area contributed by atoms with Crippen LogP contribution in [0.2, 0.25) is 0 Å². The summed E-state index contributed by atoms with van der Waals surface area (Å²) >= 11 is 0. The van der Waals surface area contributed by atoms with Gasteiger partial charge in [-0.2, -0.15) is 0 Å². The van der Waals surface area contributed by atoms with E-state index < -0.39 is 103 Å². The van der Waals surface area contributed by atoms with Crippen molar-refractivity contribution in [1.29, 1.82) is 0 Å². The fourth-order valence-electron chi connectivity index (χ4n) is 8.82. The molecule has 20 heteroatoms. The van der Waals surface area contributed by atoms with Crippen molar-refractivity contribution in [3.63, 3.8) is 0 Å². The minimum atomic E-state index is -3.82. The number of benzene rings is 1. The first kappa shape index (κ1) is 43.3. The van der Waals surface area contributed by atoms with E-state index in [2.05, 4.69) is 25.7 Å². The summed E-state index contributed by atoms with van der Waals surface area (Å²) in [7, 11) is -7.38. The minimum absolute atomic E-state index is 0.00411. The zero-order chi connectivity index (χ0) is 42.0. The number of sulfonamides is 1. The number of nitrogens with zero attached hydrogens (tertiary/aromatic N) is 4. The maximum atomic E-state index is 14.9. The molecule has 0 unspecified atom stereocenters. The molecule has 3 atom stereocenters. The largest absolute Gasteiger partial charge is 0.384 e. The molecule has 318 valence electrons. The zero-order valence-corrected chi connectivity index (χ0v) is 34.5. The SMILES string of the molecule is CC(C)(O)c1cnnn1[C@H]1C[C@@H](C(=O)NC2(C(=O)C(N)=O)CCS(=O)(=O)CC2)N(C(=O)[C@@H](CC2CCCCC2)NC(=O)c2ccc(S(=O)(=O)NC3CCCC3)cc2)C1. The number of sulfone groups is 1. The van der Waals surface area contributed by atoms with Crippen molar-refractivity contribution in [2.24, 2.45) is 11.7 Å². The standard InChI is InChI=1S/C38H54N8O10S2/c1-37(2,52)31-22-40-44-46(31)27-21-30(35(50)42-38(32(47)33(39)48)16-18-57(53,54)19-17-38)45(23-27)36(51)29(20-24-8-4-3-5-9-24)41-34(49)25-12-14-28(15-13-25)58(55,56)43-26-10-6-7-11-26/h12-15,22,24,26-27,29-30,43,52H,3-11,16-21,23H2,1-2H3,(H2,39,48)(H,41,49)(H,42,50)/t27-,29+,30-/m0/s1. The first-order valence-corrected chi connectivity index (χ1v) is 23.3. The molecule has 4 fully saturated rings. The molecule has 18 nitrogen and oxygen atoms in total. The lowest BCUT2D eigenvalue weighted by Crippen LogP contribution is -2.64. The Morgan fingerprint density at radius 2 is 1.60 bits per heavy atom. The van der Waals surface area contributed by atoms with Crippen LogP contribution in [0.3, 0.4) is 0 Å². The number of Topliss-reactive ketones (excluding diaryl/α,β-unsaturated/α-hetero) is 1. The molecule has 1 aromatic heterocycles. The van der Waals surface area contributed by atoms with Crippen LogP contribution in [0.5, 0.6) is 0 Å². The van der Waals surface area contributed by atoms with E-state index in [0.29, 0.717) is 5.69 Å². The summed E-state index contributed by atoms with van der Waals surface area (Å²) in [6.07, 6.45) is 8.73. The van der Waals surface area contributed by atoms with Crippen LogP contribution in [0.15, 0.2) is 35.4 Å². The highest BCUT2D eigenvalue weighted by atomic mass is 32.2. The minimum Gasteiger partial charge on any atom is -0.384 e. The lowest BCUT2D eigenvalue weighted by atomic mass is 9.84. The average Bonchev–Trinajstić information content (AvgIpc) is 3.97. The second kappa shape index (κ2) is 17.1. The molecule has 0 bridgehead atoms. The van der Waals surface area contributed by atoms with Gasteiger partial charge in [0, 0.05) is 24.6 Å². The number of aliphatic hydroxyl groups is 1. The molecule has 58 heavy (non-hydrogen) atoms. The third kappa shape index (κ3) is 9.77. The van der Waals surface area contributed by atoms with E-state index in [1.807, 2.05) is 0 Å². The Morgan fingerprint density at radius 1 is 0.983 bits per heavy atom. The smallest absolute Gasteiger partial charge is 0.287 e. The molecule has 4 amide bonds. The number of rotatable bonds is 14. The third-order valence-electron chi connectivity index (χ3n) is 12.1. The van der Waals surface area contributed by atoms with E-state index in [0.717, 1.165) is 57.8 Å². The van der Waals surface area contributed by atoms with E-state index in [-0.39, 0.29) is 41.8 Å². The summed E-state index contributed by atoms with van der Waals surface area (Å²) in [5.74, 6) is -5.45. The van der Waals surface area contributed by atoms with Gasteiger partial charge >= 0.3 is 0 Å². The predicted octanol–water partition coefficient (Wildman–Crippen LogP) is 0.755. The number of primary amides is 1. The fourth-order valence-corrected chi connectivity index (χ4v) is 11.6. The van der Waals surface area contributed by atoms with Crippen molar-refractivity contribution in [1.82, 2.24) is 35.2 Å². The highest BCUT2D eigenvalue weighted by Crippen LogP contribution is 2.35. The summed E-state index contributed by atoms with van der Waals surface area (Å²) in [5, 5.41) is 24.5. The van der Waals surface area contributed by atoms with Gasteiger partial charge in [-0.1, -0.05) is 50.2 Å². The second-order valence-electron chi connectivity index (χ2n) is 16.8. The van der Waals surface area contributed by atoms with Crippen molar-refractivity contribution >= 4 is 49.3 Å². The van der Waals surface area contributed by atoms with Gasteiger partial charge in [0.15, 0.2) is 9.84 Å². The molecule has 0 radical (unpaired) electrons. The maximum Gasteiger partial charge on any atom is 0.287 e. The van der Waals surface area contributed by atoms with Gasteiger partial charge in [0.1, 0.15) is 23.2 Å². The van der Waals surface area contributed by atoms with Crippen LogP contribution in [-0.2, 0) is 44.6 Å². The summed E-state index contributed by atoms with van der Waals surface area (Å²) in [6.45, 7) is 2.95. The van der Waals surface area contributed by atoms with E-state index in [1.165, 1.54) is 53.9 Å². The third-order valence-corrected chi connectivity index (χ3v) is 15.3. The molecule has 0 spiro atoms. The summed E-state index contributed by atoms with van der Waals surface area (Å²) in [4.78, 5) is 69.9. The van der Waals surface area contributed by atoms with Gasteiger partial charge < -0.3 is 26.4 Å². The van der Waals surface area contributed by atoms with Crippen molar-refractivity contribution in [2.75, 3.05) is 18.1 Å². The van der Waals surface area contributed by atoms with Crippen molar-refractivity contribution in [3.05, 3.63) is 41.7 Å². The molecule has 2 saturated carbocycles. The Hall–Kier alpha value is -4.27. The number of likely N-dealkylation sites (tertiary alicyclic amines) is 1. The first-order valence-electron chi connectivity index (χ1n) is 20.0. The Balaban J connectivity index is 1.30. The summed E-state index contributed by atoms with van der Waals surface area (Å²) < 4.78 is 54.9. The van der Waals surface area contributed by atoms with E-state index in [4.69, 9.17) is 5.73 Å². The van der Waals surface area contributed by atoms with E-state index in [1.54, 1.807) is 0 Å². The van der Waals surface area contributed by atoms with Gasteiger partial charge in [-0.25, -0.2) is 26.2 Å². The monoisotopic (exact) mass is 846 g/mol. The van der Waals surface area contributed by atoms with Crippen molar-refractivity contribution in [3.8, 4) is 0 Å². The number of carbonyl (C=O) groups excluding carboxylic acids is 5. The molecule has 6 N–H and O–H groups in total. The van der Waals surface area contributed by atoms with Crippen molar-refractivity contribution < 1.29 is 45.9 Å². The number of hydrogen-bond donors (Lipinski definition) is 5. The van der Waals surface area contributed by atoms with Gasteiger partial charge in [-0.15, -0.1) is 5.10 Å². The Bertz CT molecular complexity index is 2090. The van der Waals surface area contributed by atoms with Crippen LogP contribution < -0.4 is 21.1 Å². The number of hydrogen-bond acceptors (Lipinski definition) is 12. The quantitative estimate of drug-likeness (QED) is 0.165. The molecule has 2 aliphatic heterocycles. The van der Waals surface area contributed by atoms with Crippen LogP contribution in [0.1, 0.15) is 119 Å². The molecule has 4 aliphatic rings. The Kier molecular flexibility index (Phi) is 12.8. The number of carbonyl (C=O) groups is 5. The lowest BCUT2D eigenvalue weighted by Gasteiger charge is -2.37. The van der Waals surface area contributed by atoms with E-state index in [9.17, 15) is 45.9 Å². The molecular weight excluding hydrogens is 793 g/mol. The topological polar surface area (TPSA) is 270 Å². The van der Waals surface area contributed by atoms with Crippen LogP contribution >= 0.6 is 0 Å². The van der Waals surface area contributed by atoms with Gasteiger partial charge in [-0.3, -0.25) is 24.0 Å². The molecular formula is C38H54N8O10S2. The number of nitrogens with one attached hydrogen (secondary N) is 3. The normalized spacial score (nSPS) is 23.3. The number of aromatic nitrogens is 3. The van der Waals surface area contributed by atoms with Gasteiger partial charge in [0.25, 0.3) is 11.8 Å². The number of nitrogens with two attached hydrogens (primary N) is 1. The number of ketones is 1.